The third-order valence-corrected chi connectivity index (χ3v) is 3.67. The SMILES string of the molecule is CCc1ccccc1C(CN)N(C)CCCN(C)C. The fraction of sp³-hybridized carbons (Fsp3) is 0.625. The first-order valence-electron chi connectivity index (χ1n) is 7.23. The fourth-order valence-corrected chi connectivity index (χ4v) is 2.52. The van der Waals surface area contributed by atoms with Crippen LogP contribution in [-0.2, 0) is 6.42 Å². The van der Waals surface area contributed by atoms with Crippen LogP contribution in [0.2, 0.25) is 0 Å². The van der Waals surface area contributed by atoms with E-state index in [0.717, 1.165) is 19.5 Å². The lowest BCUT2D eigenvalue weighted by molar-refractivity contribution is 0.234. The van der Waals surface area contributed by atoms with Crippen molar-refractivity contribution in [3.8, 4) is 0 Å². The van der Waals surface area contributed by atoms with Crippen molar-refractivity contribution in [3.05, 3.63) is 35.4 Å². The van der Waals surface area contributed by atoms with Crippen molar-refractivity contribution in [3.63, 3.8) is 0 Å². The Morgan fingerprint density at radius 1 is 1.11 bits per heavy atom. The molecule has 0 saturated heterocycles. The van der Waals surface area contributed by atoms with Crippen molar-refractivity contribution in [2.45, 2.75) is 25.8 Å². The molecule has 0 heterocycles. The van der Waals surface area contributed by atoms with Crippen LogP contribution >= 0.6 is 0 Å². The summed E-state index contributed by atoms with van der Waals surface area (Å²) in [6, 6.07) is 9.00. The Bertz CT molecular complexity index is 363. The van der Waals surface area contributed by atoms with Gasteiger partial charge in [0.15, 0.2) is 0 Å². The molecule has 0 aliphatic rings. The summed E-state index contributed by atoms with van der Waals surface area (Å²) < 4.78 is 0. The summed E-state index contributed by atoms with van der Waals surface area (Å²) in [6.45, 7) is 5.09. The molecule has 0 saturated carbocycles. The molecule has 1 aromatic carbocycles. The lowest BCUT2D eigenvalue weighted by atomic mass is 9.97. The monoisotopic (exact) mass is 263 g/mol. The van der Waals surface area contributed by atoms with Gasteiger partial charge in [0.1, 0.15) is 0 Å². The Balaban J connectivity index is 2.70. The average Bonchev–Trinajstić information content (AvgIpc) is 2.39. The van der Waals surface area contributed by atoms with E-state index in [-0.39, 0.29) is 0 Å². The van der Waals surface area contributed by atoms with E-state index in [9.17, 15) is 0 Å². The molecular formula is C16H29N3. The van der Waals surface area contributed by atoms with E-state index < -0.39 is 0 Å². The molecule has 0 aromatic heterocycles. The zero-order chi connectivity index (χ0) is 14.3. The first-order chi connectivity index (χ1) is 9.10. The molecule has 3 nitrogen and oxygen atoms in total. The summed E-state index contributed by atoms with van der Waals surface area (Å²) in [4.78, 5) is 4.61. The van der Waals surface area contributed by atoms with Gasteiger partial charge in [-0.05, 0) is 58.2 Å². The lowest BCUT2D eigenvalue weighted by Crippen LogP contribution is -2.33. The number of likely N-dealkylation sites (N-methyl/N-ethyl adjacent to an activating group) is 1. The van der Waals surface area contributed by atoms with E-state index in [1.165, 1.54) is 17.5 Å². The van der Waals surface area contributed by atoms with Gasteiger partial charge in [0.2, 0.25) is 0 Å². The Labute approximate surface area is 118 Å². The van der Waals surface area contributed by atoms with Gasteiger partial charge in [0.05, 0.1) is 0 Å². The zero-order valence-corrected chi connectivity index (χ0v) is 12.9. The molecule has 0 radical (unpaired) electrons. The van der Waals surface area contributed by atoms with Gasteiger partial charge in [-0.25, -0.2) is 0 Å². The number of hydrogen-bond acceptors (Lipinski definition) is 3. The molecule has 3 heteroatoms. The highest BCUT2D eigenvalue weighted by Crippen LogP contribution is 2.22. The van der Waals surface area contributed by atoms with Gasteiger partial charge in [0.25, 0.3) is 0 Å². The van der Waals surface area contributed by atoms with Crippen molar-refractivity contribution in [1.82, 2.24) is 9.80 Å². The van der Waals surface area contributed by atoms with Gasteiger partial charge in [-0.1, -0.05) is 31.2 Å². The van der Waals surface area contributed by atoms with Crippen LogP contribution in [0.1, 0.15) is 30.5 Å². The van der Waals surface area contributed by atoms with Crippen molar-refractivity contribution in [1.29, 1.82) is 0 Å². The molecule has 2 N–H and O–H groups in total. The molecule has 0 aliphatic carbocycles. The topological polar surface area (TPSA) is 32.5 Å². The summed E-state index contributed by atoms with van der Waals surface area (Å²) in [6.07, 6.45) is 2.24. The smallest absolute Gasteiger partial charge is 0.0470 e. The third kappa shape index (κ3) is 4.94. The van der Waals surface area contributed by atoms with Crippen LogP contribution in [0.15, 0.2) is 24.3 Å². The highest BCUT2D eigenvalue weighted by molar-refractivity contribution is 5.30. The number of nitrogens with zero attached hydrogens (tertiary/aromatic N) is 2. The summed E-state index contributed by atoms with van der Waals surface area (Å²) in [5.41, 5.74) is 8.81. The summed E-state index contributed by atoms with van der Waals surface area (Å²) >= 11 is 0. The molecule has 0 aliphatic heterocycles. The van der Waals surface area contributed by atoms with Crippen LogP contribution in [0, 0.1) is 0 Å². The zero-order valence-electron chi connectivity index (χ0n) is 12.9. The number of aryl methyl sites for hydroxylation is 1. The van der Waals surface area contributed by atoms with Gasteiger partial charge in [-0.2, -0.15) is 0 Å². The molecule has 19 heavy (non-hydrogen) atoms. The number of rotatable bonds is 8. The average molecular weight is 263 g/mol. The van der Waals surface area contributed by atoms with E-state index in [1.54, 1.807) is 0 Å². The quantitative estimate of drug-likeness (QED) is 0.780. The van der Waals surface area contributed by atoms with Gasteiger partial charge in [0, 0.05) is 12.6 Å². The predicted octanol–water partition coefficient (Wildman–Crippen LogP) is 2.13. The Morgan fingerprint density at radius 3 is 2.37 bits per heavy atom. The molecule has 108 valence electrons. The van der Waals surface area contributed by atoms with Gasteiger partial charge < -0.3 is 10.6 Å². The largest absolute Gasteiger partial charge is 0.329 e. The van der Waals surface area contributed by atoms with Crippen molar-refractivity contribution >= 4 is 0 Å². The van der Waals surface area contributed by atoms with Crippen LogP contribution in [0.4, 0.5) is 0 Å². The van der Waals surface area contributed by atoms with Gasteiger partial charge >= 0.3 is 0 Å². The normalized spacial score (nSPS) is 13.2. The van der Waals surface area contributed by atoms with Crippen LogP contribution < -0.4 is 5.73 Å². The maximum Gasteiger partial charge on any atom is 0.0470 e. The minimum absolute atomic E-state index is 0.332. The van der Waals surface area contributed by atoms with Gasteiger partial charge in [-0.15, -0.1) is 0 Å². The van der Waals surface area contributed by atoms with Crippen LogP contribution in [0.3, 0.4) is 0 Å². The lowest BCUT2D eigenvalue weighted by Gasteiger charge is -2.29. The second-order valence-corrected chi connectivity index (χ2v) is 5.44. The predicted molar refractivity (Wildman–Crippen MR) is 83.4 cm³/mol. The Kier molecular flexibility index (Phi) is 7.06. The minimum atomic E-state index is 0.332. The molecule has 1 rings (SSSR count). The first-order valence-corrected chi connectivity index (χ1v) is 7.23. The molecule has 1 aromatic rings. The highest BCUT2D eigenvalue weighted by atomic mass is 15.1. The van der Waals surface area contributed by atoms with Gasteiger partial charge in [-0.3, -0.25) is 4.90 Å². The van der Waals surface area contributed by atoms with Crippen molar-refractivity contribution < 1.29 is 0 Å². The molecule has 0 amide bonds. The molecule has 1 atom stereocenters. The number of nitrogens with two attached hydrogens (primary N) is 1. The molecular weight excluding hydrogens is 234 g/mol. The van der Waals surface area contributed by atoms with E-state index in [4.69, 9.17) is 5.73 Å². The summed E-state index contributed by atoms with van der Waals surface area (Å²) in [5.74, 6) is 0. The maximum atomic E-state index is 6.01. The molecule has 0 spiro atoms. The molecule has 0 bridgehead atoms. The Hall–Kier alpha value is -0.900. The van der Waals surface area contributed by atoms with Crippen molar-refractivity contribution in [2.24, 2.45) is 5.73 Å². The standard InChI is InChI=1S/C16H29N3/c1-5-14-9-6-7-10-15(14)16(13-17)19(4)12-8-11-18(2)3/h6-7,9-10,16H,5,8,11-13,17H2,1-4H3. The number of hydrogen-bond donors (Lipinski definition) is 1. The Morgan fingerprint density at radius 2 is 1.79 bits per heavy atom. The maximum absolute atomic E-state index is 6.01. The van der Waals surface area contributed by atoms with E-state index >= 15 is 0 Å². The number of benzene rings is 1. The van der Waals surface area contributed by atoms with Crippen LogP contribution in [-0.4, -0.2) is 50.6 Å². The summed E-state index contributed by atoms with van der Waals surface area (Å²) in [7, 11) is 6.42. The third-order valence-electron chi connectivity index (χ3n) is 3.67. The highest BCUT2D eigenvalue weighted by Gasteiger charge is 2.17. The van der Waals surface area contributed by atoms with E-state index in [0.29, 0.717) is 12.6 Å². The van der Waals surface area contributed by atoms with E-state index in [1.807, 2.05) is 0 Å². The minimum Gasteiger partial charge on any atom is -0.329 e. The van der Waals surface area contributed by atoms with Crippen LogP contribution in [0.25, 0.3) is 0 Å². The first kappa shape index (κ1) is 16.2. The van der Waals surface area contributed by atoms with E-state index in [2.05, 4.69) is 62.1 Å². The second kappa shape index (κ2) is 8.31. The molecule has 0 fully saturated rings. The van der Waals surface area contributed by atoms with Crippen LogP contribution in [0.5, 0.6) is 0 Å². The molecule has 1 unspecified atom stereocenters. The summed E-state index contributed by atoms with van der Waals surface area (Å²) in [5, 5.41) is 0. The fourth-order valence-electron chi connectivity index (χ4n) is 2.52. The second-order valence-electron chi connectivity index (χ2n) is 5.44. The van der Waals surface area contributed by atoms with Crippen molar-refractivity contribution in [2.75, 3.05) is 40.8 Å².